The average Bonchev–Trinajstić information content (AvgIpc) is 2.71. The van der Waals surface area contributed by atoms with Crippen LogP contribution >= 0.6 is 0 Å². The lowest BCUT2D eigenvalue weighted by atomic mass is 10.1. The van der Waals surface area contributed by atoms with E-state index >= 15 is 0 Å². The topological polar surface area (TPSA) is 18.5 Å². The van der Waals surface area contributed by atoms with Crippen molar-refractivity contribution >= 4 is 0 Å². The third-order valence-electron chi connectivity index (χ3n) is 2.66. The van der Waals surface area contributed by atoms with Crippen LogP contribution in [0, 0.1) is 0 Å². The minimum atomic E-state index is 0.0881. The van der Waals surface area contributed by atoms with E-state index in [1.165, 1.54) is 5.56 Å². The fourth-order valence-corrected chi connectivity index (χ4v) is 1.97. The van der Waals surface area contributed by atoms with Crippen molar-refractivity contribution in [3.05, 3.63) is 53.8 Å². The van der Waals surface area contributed by atoms with Crippen molar-refractivity contribution in [3.8, 4) is 5.75 Å². The van der Waals surface area contributed by atoms with Crippen LogP contribution in [0.4, 0.5) is 0 Å². The van der Waals surface area contributed by atoms with Gasteiger partial charge in [-0.2, -0.15) is 0 Å². The second kappa shape index (κ2) is 5.58. The van der Waals surface area contributed by atoms with E-state index in [9.17, 15) is 0 Å². The maximum atomic E-state index is 5.84. The van der Waals surface area contributed by atoms with Crippen LogP contribution in [0.15, 0.2) is 48.3 Å². The summed E-state index contributed by atoms with van der Waals surface area (Å²) in [7, 11) is 0. The highest BCUT2D eigenvalue weighted by Crippen LogP contribution is 2.29. The standard InChI is InChI=1S/C15H18O2/c1-3-7-13(16-4-2)11-14-10-12-8-5-6-9-15(12)17-14/h3,5-9,11,14H,4,10H2,1-2H3/b7-3+,13-11+. The molecule has 0 aliphatic carbocycles. The summed E-state index contributed by atoms with van der Waals surface area (Å²) in [4.78, 5) is 0. The SMILES string of the molecule is C/C=C/C(=C\C1Cc2ccccc2O1)OCC. The Morgan fingerprint density at radius 2 is 2.29 bits per heavy atom. The summed E-state index contributed by atoms with van der Waals surface area (Å²) >= 11 is 0. The molecule has 0 saturated carbocycles. The Morgan fingerprint density at radius 1 is 1.47 bits per heavy atom. The molecule has 1 atom stereocenters. The maximum Gasteiger partial charge on any atom is 0.125 e. The third kappa shape index (κ3) is 2.90. The van der Waals surface area contributed by atoms with Crippen LogP contribution in [-0.2, 0) is 11.2 Å². The summed E-state index contributed by atoms with van der Waals surface area (Å²) in [6, 6.07) is 8.17. The van der Waals surface area contributed by atoms with Gasteiger partial charge in [-0.25, -0.2) is 0 Å². The number of allylic oxidation sites excluding steroid dienone is 2. The van der Waals surface area contributed by atoms with Crippen molar-refractivity contribution in [2.24, 2.45) is 0 Å². The monoisotopic (exact) mass is 230 g/mol. The van der Waals surface area contributed by atoms with E-state index in [1.807, 2.05) is 50.3 Å². The van der Waals surface area contributed by atoms with Gasteiger partial charge in [0.2, 0.25) is 0 Å². The van der Waals surface area contributed by atoms with Crippen molar-refractivity contribution in [2.75, 3.05) is 6.61 Å². The molecule has 1 unspecified atom stereocenters. The van der Waals surface area contributed by atoms with E-state index in [-0.39, 0.29) is 6.10 Å². The van der Waals surface area contributed by atoms with Gasteiger partial charge in [-0.1, -0.05) is 24.3 Å². The zero-order chi connectivity index (χ0) is 12.1. The van der Waals surface area contributed by atoms with E-state index in [1.54, 1.807) is 0 Å². The van der Waals surface area contributed by atoms with E-state index in [4.69, 9.17) is 9.47 Å². The Balaban J connectivity index is 2.09. The lowest BCUT2D eigenvalue weighted by Crippen LogP contribution is -2.10. The molecule has 1 heterocycles. The minimum Gasteiger partial charge on any atom is -0.494 e. The number of hydrogen-bond acceptors (Lipinski definition) is 2. The zero-order valence-electron chi connectivity index (χ0n) is 10.3. The number of hydrogen-bond donors (Lipinski definition) is 0. The first-order chi connectivity index (χ1) is 8.33. The van der Waals surface area contributed by atoms with E-state index in [0.717, 1.165) is 17.9 Å². The van der Waals surface area contributed by atoms with Crippen LogP contribution in [-0.4, -0.2) is 12.7 Å². The van der Waals surface area contributed by atoms with Gasteiger partial charge in [0.05, 0.1) is 6.61 Å². The number of para-hydroxylation sites is 1. The number of benzene rings is 1. The van der Waals surface area contributed by atoms with Crippen molar-refractivity contribution in [1.82, 2.24) is 0 Å². The van der Waals surface area contributed by atoms with E-state index < -0.39 is 0 Å². The van der Waals surface area contributed by atoms with Gasteiger partial charge in [-0.15, -0.1) is 0 Å². The van der Waals surface area contributed by atoms with E-state index in [2.05, 4.69) is 6.07 Å². The Kier molecular flexibility index (Phi) is 3.86. The molecule has 2 rings (SSSR count). The molecular weight excluding hydrogens is 212 g/mol. The fourth-order valence-electron chi connectivity index (χ4n) is 1.97. The van der Waals surface area contributed by atoms with Crippen LogP contribution in [0.5, 0.6) is 5.75 Å². The van der Waals surface area contributed by atoms with Crippen molar-refractivity contribution < 1.29 is 9.47 Å². The lowest BCUT2D eigenvalue weighted by molar-refractivity contribution is 0.226. The van der Waals surface area contributed by atoms with Crippen molar-refractivity contribution in [2.45, 2.75) is 26.4 Å². The molecular formula is C15H18O2. The van der Waals surface area contributed by atoms with Crippen LogP contribution in [0.3, 0.4) is 0 Å². The Bertz CT molecular complexity index is 407. The molecule has 0 aromatic heterocycles. The molecule has 1 aliphatic rings. The van der Waals surface area contributed by atoms with E-state index in [0.29, 0.717) is 6.61 Å². The van der Waals surface area contributed by atoms with Crippen LogP contribution in [0.25, 0.3) is 0 Å². The maximum absolute atomic E-state index is 5.84. The highest BCUT2D eigenvalue weighted by Gasteiger charge is 2.20. The average molecular weight is 230 g/mol. The van der Waals surface area contributed by atoms with Gasteiger partial charge in [-0.05, 0) is 37.6 Å². The molecule has 90 valence electrons. The predicted molar refractivity (Wildman–Crippen MR) is 69.1 cm³/mol. The largest absolute Gasteiger partial charge is 0.494 e. The van der Waals surface area contributed by atoms with Crippen LogP contribution in [0.2, 0.25) is 0 Å². The number of ether oxygens (including phenoxy) is 2. The second-order valence-corrected chi connectivity index (χ2v) is 3.97. The fraction of sp³-hybridized carbons (Fsp3) is 0.333. The molecule has 2 heteroatoms. The predicted octanol–water partition coefficient (Wildman–Crippen LogP) is 3.49. The van der Waals surface area contributed by atoms with Gasteiger partial charge < -0.3 is 9.47 Å². The van der Waals surface area contributed by atoms with Crippen molar-refractivity contribution in [1.29, 1.82) is 0 Å². The van der Waals surface area contributed by atoms with Crippen molar-refractivity contribution in [3.63, 3.8) is 0 Å². The molecule has 0 amide bonds. The second-order valence-electron chi connectivity index (χ2n) is 3.97. The minimum absolute atomic E-state index is 0.0881. The first kappa shape index (κ1) is 11.8. The normalized spacial score (nSPS) is 19.2. The first-order valence-electron chi connectivity index (χ1n) is 6.05. The van der Waals surface area contributed by atoms with Gasteiger partial charge >= 0.3 is 0 Å². The van der Waals surface area contributed by atoms with Gasteiger partial charge in [0, 0.05) is 6.42 Å². The van der Waals surface area contributed by atoms with Gasteiger partial charge in [0.1, 0.15) is 17.6 Å². The molecule has 1 aromatic rings. The molecule has 0 saturated heterocycles. The lowest BCUT2D eigenvalue weighted by Gasteiger charge is -2.08. The zero-order valence-corrected chi connectivity index (χ0v) is 10.3. The Labute approximate surface area is 103 Å². The molecule has 0 fully saturated rings. The summed E-state index contributed by atoms with van der Waals surface area (Å²) < 4.78 is 11.4. The quantitative estimate of drug-likeness (QED) is 0.582. The molecule has 1 aromatic carbocycles. The molecule has 0 radical (unpaired) electrons. The molecule has 1 aliphatic heterocycles. The molecule has 0 spiro atoms. The molecule has 17 heavy (non-hydrogen) atoms. The van der Waals surface area contributed by atoms with Gasteiger partial charge in [-0.3, -0.25) is 0 Å². The Hall–Kier alpha value is -1.70. The summed E-state index contributed by atoms with van der Waals surface area (Å²) in [6.07, 6.45) is 7.00. The molecule has 0 N–H and O–H groups in total. The Morgan fingerprint density at radius 3 is 3.00 bits per heavy atom. The summed E-state index contributed by atoms with van der Waals surface area (Å²) in [5.74, 6) is 1.87. The highest BCUT2D eigenvalue weighted by molar-refractivity contribution is 5.38. The number of fused-ring (bicyclic) bond motifs is 1. The molecule has 2 nitrogen and oxygen atoms in total. The van der Waals surface area contributed by atoms with Crippen LogP contribution in [0.1, 0.15) is 19.4 Å². The summed E-state index contributed by atoms with van der Waals surface area (Å²) in [5, 5.41) is 0. The smallest absolute Gasteiger partial charge is 0.125 e. The van der Waals surface area contributed by atoms with Gasteiger partial charge in [0.25, 0.3) is 0 Å². The highest BCUT2D eigenvalue weighted by atomic mass is 16.5. The number of rotatable bonds is 4. The van der Waals surface area contributed by atoms with Gasteiger partial charge in [0.15, 0.2) is 0 Å². The third-order valence-corrected chi connectivity index (χ3v) is 2.66. The van der Waals surface area contributed by atoms with Crippen LogP contribution < -0.4 is 4.74 Å². The summed E-state index contributed by atoms with van der Waals surface area (Å²) in [5.41, 5.74) is 1.27. The molecule has 0 bridgehead atoms. The first-order valence-corrected chi connectivity index (χ1v) is 6.05. The summed E-state index contributed by atoms with van der Waals surface area (Å²) in [6.45, 7) is 4.65.